The Hall–Kier alpha value is -3.79. The Morgan fingerprint density at radius 3 is 2.11 bits per heavy atom. The second-order valence-corrected chi connectivity index (χ2v) is 5.94. The summed E-state index contributed by atoms with van der Waals surface area (Å²) < 4.78 is 11.6. The van der Waals surface area contributed by atoms with Crippen LogP contribution in [0.1, 0.15) is 16.7 Å². The Labute approximate surface area is 164 Å². The molecule has 4 heteroatoms. The fourth-order valence-corrected chi connectivity index (χ4v) is 2.56. The molecule has 0 spiro atoms. The van der Waals surface area contributed by atoms with Crippen LogP contribution in [0.2, 0.25) is 0 Å². The van der Waals surface area contributed by atoms with E-state index in [0.29, 0.717) is 18.1 Å². The first-order chi connectivity index (χ1) is 13.7. The zero-order chi connectivity index (χ0) is 19.6. The number of benzene rings is 3. The molecule has 0 aliphatic heterocycles. The number of aliphatic carboxylic acids is 1. The minimum atomic E-state index is -0.987. The number of ether oxygens (including phenoxy) is 2. The van der Waals surface area contributed by atoms with Gasteiger partial charge in [-0.3, -0.25) is 0 Å². The molecule has 4 nitrogen and oxygen atoms in total. The minimum Gasteiger partial charge on any atom is -0.485 e. The van der Waals surface area contributed by atoms with Crippen LogP contribution in [-0.4, -0.2) is 11.1 Å². The Morgan fingerprint density at radius 1 is 0.786 bits per heavy atom. The lowest BCUT2D eigenvalue weighted by atomic mass is 10.1. The minimum absolute atomic E-state index is 0.452. The van der Waals surface area contributed by atoms with E-state index < -0.39 is 5.97 Å². The molecule has 0 aliphatic rings. The maximum Gasteiger partial charge on any atom is 0.328 e. The van der Waals surface area contributed by atoms with Crippen molar-refractivity contribution in [2.75, 3.05) is 0 Å². The van der Waals surface area contributed by atoms with E-state index in [-0.39, 0.29) is 0 Å². The summed E-state index contributed by atoms with van der Waals surface area (Å²) in [7, 11) is 0. The number of carbonyl (C=O) groups is 1. The summed E-state index contributed by atoms with van der Waals surface area (Å²) in [4.78, 5) is 10.7. The number of carboxylic acids is 1. The van der Waals surface area contributed by atoms with Gasteiger partial charge in [0.2, 0.25) is 0 Å². The van der Waals surface area contributed by atoms with E-state index in [2.05, 4.69) is 0 Å². The summed E-state index contributed by atoms with van der Waals surface area (Å²) in [5.41, 5.74) is 2.72. The Balaban J connectivity index is 1.69. The fourth-order valence-electron chi connectivity index (χ4n) is 2.56. The second kappa shape index (κ2) is 9.78. The van der Waals surface area contributed by atoms with Crippen LogP contribution in [0.25, 0.3) is 12.2 Å². The van der Waals surface area contributed by atoms with Crippen molar-refractivity contribution < 1.29 is 19.4 Å². The van der Waals surface area contributed by atoms with Crippen molar-refractivity contribution in [1.82, 2.24) is 0 Å². The average Bonchev–Trinajstić information content (AvgIpc) is 2.73. The van der Waals surface area contributed by atoms with Crippen molar-refractivity contribution in [2.24, 2.45) is 0 Å². The van der Waals surface area contributed by atoms with Gasteiger partial charge in [0, 0.05) is 6.08 Å². The third kappa shape index (κ3) is 5.61. The molecule has 0 bridgehead atoms. The Kier molecular flexibility index (Phi) is 6.63. The van der Waals surface area contributed by atoms with Gasteiger partial charge in [-0.05, 0) is 41.0 Å². The molecule has 0 saturated heterocycles. The molecule has 3 rings (SSSR count). The van der Waals surface area contributed by atoms with E-state index in [1.165, 1.54) is 0 Å². The SMILES string of the molecule is O=C(O)/C=C/c1ccccc1/C=C/Oc1ccccc1OCc1ccccc1. The molecule has 0 atom stereocenters. The summed E-state index contributed by atoms with van der Waals surface area (Å²) in [5.74, 6) is 0.267. The normalized spacial score (nSPS) is 11.0. The molecule has 0 saturated carbocycles. The lowest BCUT2D eigenvalue weighted by molar-refractivity contribution is -0.131. The molecule has 0 unspecified atom stereocenters. The van der Waals surface area contributed by atoms with Gasteiger partial charge >= 0.3 is 5.97 Å². The molecule has 0 heterocycles. The van der Waals surface area contributed by atoms with E-state index in [1.807, 2.05) is 78.9 Å². The van der Waals surface area contributed by atoms with Crippen LogP contribution in [-0.2, 0) is 11.4 Å². The van der Waals surface area contributed by atoms with Crippen LogP contribution in [0.3, 0.4) is 0 Å². The van der Waals surface area contributed by atoms with Crippen LogP contribution < -0.4 is 9.47 Å². The summed E-state index contributed by atoms with van der Waals surface area (Å²) in [5, 5.41) is 8.81. The van der Waals surface area contributed by atoms with E-state index in [4.69, 9.17) is 14.6 Å². The van der Waals surface area contributed by atoms with Gasteiger partial charge in [-0.25, -0.2) is 4.79 Å². The summed E-state index contributed by atoms with van der Waals surface area (Å²) in [6.07, 6.45) is 6.02. The number of carboxylic acid groups (broad SMARTS) is 1. The molecular weight excluding hydrogens is 352 g/mol. The van der Waals surface area contributed by atoms with Crippen LogP contribution >= 0.6 is 0 Å². The quantitative estimate of drug-likeness (QED) is 0.424. The molecular formula is C24H20O4. The van der Waals surface area contributed by atoms with E-state index >= 15 is 0 Å². The van der Waals surface area contributed by atoms with E-state index in [9.17, 15) is 4.79 Å². The first kappa shape index (κ1) is 19.0. The van der Waals surface area contributed by atoms with Crippen molar-refractivity contribution in [1.29, 1.82) is 0 Å². The van der Waals surface area contributed by atoms with Crippen molar-refractivity contribution in [3.05, 3.63) is 108 Å². The monoisotopic (exact) mass is 372 g/mol. The molecule has 0 amide bonds. The molecule has 140 valence electrons. The topological polar surface area (TPSA) is 55.8 Å². The van der Waals surface area contributed by atoms with Gasteiger partial charge in [-0.15, -0.1) is 0 Å². The van der Waals surface area contributed by atoms with Crippen LogP contribution in [0, 0.1) is 0 Å². The van der Waals surface area contributed by atoms with Crippen LogP contribution in [0.15, 0.2) is 91.2 Å². The van der Waals surface area contributed by atoms with Crippen molar-refractivity contribution in [3.63, 3.8) is 0 Å². The Bertz CT molecular complexity index is 975. The maximum atomic E-state index is 10.7. The number of hydrogen-bond acceptors (Lipinski definition) is 3. The molecule has 3 aromatic rings. The van der Waals surface area contributed by atoms with Gasteiger partial charge in [-0.1, -0.05) is 66.7 Å². The highest BCUT2D eigenvalue weighted by Gasteiger charge is 2.04. The molecule has 1 N–H and O–H groups in total. The predicted molar refractivity (Wildman–Crippen MR) is 110 cm³/mol. The highest BCUT2D eigenvalue weighted by molar-refractivity contribution is 5.86. The van der Waals surface area contributed by atoms with Gasteiger partial charge in [-0.2, -0.15) is 0 Å². The standard InChI is InChI=1S/C24H20O4/c25-24(26)15-14-20-10-4-5-11-21(20)16-17-27-22-12-6-7-13-23(22)28-18-19-8-2-1-3-9-19/h1-17H,18H2,(H,25,26)/b15-14+,17-16+. The van der Waals surface area contributed by atoms with Gasteiger partial charge in [0.1, 0.15) is 6.61 Å². The van der Waals surface area contributed by atoms with Crippen LogP contribution in [0.4, 0.5) is 0 Å². The fraction of sp³-hybridized carbons (Fsp3) is 0.0417. The smallest absolute Gasteiger partial charge is 0.328 e. The van der Waals surface area contributed by atoms with Gasteiger partial charge in [0.05, 0.1) is 6.26 Å². The van der Waals surface area contributed by atoms with Crippen LogP contribution in [0.5, 0.6) is 11.5 Å². The number of para-hydroxylation sites is 2. The van der Waals surface area contributed by atoms with E-state index in [1.54, 1.807) is 18.4 Å². The predicted octanol–water partition coefficient (Wildman–Crippen LogP) is 5.41. The second-order valence-electron chi connectivity index (χ2n) is 5.94. The van der Waals surface area contributed by atoms with Gasteiger partial charge < -0.3 is 14.6 Å². The van der Waals surface area contributed by atoms with Gasteiger partial charge in [0.15, 0.2) is 11.5 Å². The highest BCUT2D eigenvalue weighted by Crippen LogP contribution is 2.27. The molecule has 3 aromatic carbocycles. The van der Waals surface area contributed by atoms with Crippen molar-refractivity contribution >= 4 is 18.1 Å². The van der Waals surface area contributed by atoms with E-state index in [0.717, 1.165) is 22.8 Å². The molecule has 0 aliphatic carbocycles. The summed E-state index contributed by atoms with van der Waals surface area (Å²) >= 11 is 0. The highest BCUT2D eigenvalue weighted by atomic mass is 16.5. The summed E-state index contributed by atoms with van der Waals surface area (Å²) in [6, 6.07) is 24.9. The average molecular weight is 372 g/mol. The molecule has 0 fully saturated rings. The first-order valence-corrected chi connectivity index (χ1v) is 8.81. The maximum absolute atomic E-state index is 10.7. The van der Waals surface area contributed by atoms with Crippen molar-refractivity contribution in [3.8, 4) is 11.5 Å². The lowest BCUT2D eigenvalue weighted by Gasteiger charge is -2.10. The molecule has 0 radical (unpaired) electrons. The van der Waals surface area contributed by atoms with Crippen molar-refractivity contribution in [2.45, 2.75) is 6.61 Å². The third-order valence-corrected chi connectivity index (χ3v) is 3.93. The zero-order valence-electron chi connectivity index (χ0n) is 15.2. The molecule has 28 heavy (non-hydrogen) atoms. The summed E-state index contributed by atoms with van der Waals surface area (Å²) in [6.45, 7) is 0.452. The Morgan fingerprint density at radius 2 is 1.39 bits per heavy atom. The number of rotatable bonds is 8. The first-order valence-electron chi connectivity index (χ1n) is 8.81. The largest absolute Gasteiger partial charge is 0.485 e. The lowest BCUT2D eigenvalue weighted by Crippen LogP contribution is -1.97. The number of hydrogen-bond donors (Lipinski definition) is 1. The molecule has 0 aromatic heterocycles. The third-order valence-electron chi connectivity index (χ3n) is 3.93. The zero-order valence-corrected chi connectivity index (χ0v) is 15.2. The van der Waals surface area contributed by atoms with Gasteiger partial charge in [0.25, 0.3) is 0 Å².